The van der Waals surface area contributed by atoms with E-state index in [0.29, 0.717) is 0 Å². The molecule has 0 heterocycles. The molecule has 0 aliphatic heterocycles. The lowest BCUT2D eigenvalue weighted by molar-refractivity contribution is 0.583. The summed E-state index contributed by atoms with van der Waals surface area (Å²) >= 11 is 0. The highest BCUT2D eigenvalue weighted by Crippen LogP contribution is 2.03. The van der Waals surface area contributed by atoms with Gasteiger partial charge in [0.05, 0.1) is 8.32 Å². The van der Waals surface area contributed by atoms with Crippen molar-refractivity contribution < 1.29 is 4.80 Å². The molecule has 0 spiro atoms. The fourth-order valence-corrected chi connectivity index (χ4v) is 5.56. The van der Waals surface area contributed by atoms with E-state index < -0.39 is 8.32 Å². The Balaban J connectivity index is 2.24. The summed E-state index contributed by atoms with van der Waals surface area (Å²) in [4.78, 5) is 11.6. The van der Waals surface area contributed by atoms with E-state index in [-0.39, 0.29) is 0 Å². The van der Waals surface area contributed by atoms with Gasteiger partial charge in [0.25, 0.3) is 0 Å². The summed E-state index contributed by atoms with van der Waals surface area (Å²) in [5.74, 6) is 0. The van der Waals surface area contributed by atoms with Crippen LogP contribution in [0, 0.1) is 0 Å². The zero-order valence-electron chi connectivity index (χ0n) is 11.1. The Morgan fingerprint density at radius 2 is 0.700 bits per heavy atom. The lowest BCUT2D eigenvalue weighted by Crippen LogP contribution is -2.67. The Bertz CT molecular complexity index is 569. The zero-order valence-corrected chi connectivity index (χ0v) is 12.1. The van der Waals surface area contributed by atoms with E-state index in [9.17, 15) is 4.80 Å². The molecule has 0 atom stereocenters. The maximum absolute atomic E-state index is 11.6. The van der Waals surface area contributed by atoms with Gasteiger partial charge in [-0.2, -0.15) is 15.6 Å². The van der Waals surface area contributed by atoms with E-state index in [1.807, 2.05) is 91.0 Å². The minimum atomic E-state index is -2.88. The molecule has 0 saturated carbocycles. The molecule has 0 aliphatic rings. The van der Waals surface area contributed by atoms with E-state index in [4.69, 9.17) is 0 Å². The van der Waals surface area contributed by atoms with Gasteiger partial charge >= 0.3 is 0 Å². The largest absolute Gasteiger partial charge is 0.570 e. The molecule has 3 rings (SSSR count). The van der Waals surface area contributed by atoms with Gasteiger partial charge in [0.1, 0.15) is 0 Å². The molecular weight excluding hydrogens is 260 g/mol. The summed E-state index contributed by atoms with van der Waals surface area (Å²) in [7, 11) is -2.88. The lowest BCUT2D eigenvalue weighted by Gasteiger charge is -2.40. The first-order valence-corrected chi connectivity index (χ1v) is 8.65. The van der Waals surface area contributed by atoms with Crippen molar-refractivity contribution >= 4 is 23.9 Å². The number of hydrogen-bond acceptors (Lipinski definition) is 1. The van der Waals surface area contributed by atoms with Crippen molar-refractivity contribution in [1.82, 2.24) is 0 Å². The molecule has 0 aromatic heterocycles. The monoisotopic (exact) mass is 276 g/mol. The van der Waals surface area contributed by atoms with Crippen LogP contribution in [0.4, 0.5) is 0 Å². The van der Waals surface area contributed by atoms with Crippen LogP contribution in [-0.2, 0) is 0 Å². The van der Waals surface area contributed by atoms with Gasteiger partial charge in [-0.1, -0.05) is 91.0 Å². The maximum atomic E-state index is 11.6. The molecule has 0 amide bonds. The molecule has 3 aromatic carbocycles. The Labute approximate surface area is 120 Å². The van der Waals surface area contributed by atoms with Crippen LogP contribution in [0.1, 0.15) is 0 Å². The molecule has 0 radical (unpaired) electrons. The average molecular weight is 276 g/mol. The highest BCUT2D eigenvalue weighted by molar-refractivity contribution is 7.06. The number of benzene rings is 3. The summed E-state index contributed by atoms with van der Waals surface area (Å²) in [6.07, 6.45) is 0. The first-order chi connectivity index (χ1) is 9.82. The standard InChI is InChI=1S/C18H16OSi/c19-20(16-10-4-1-5-11-16,17-12-6-2-7-13-17)18-14-8-3-9-15-18/h1-15,19H/q-1. The van der Waals surface area contributed by atoms with Gasteiger partial charge in [-0.3, -0.25) is 0 Å². The molecule has 1 nitrogen and oxygen atoms in total. The van der Waals surface area contributed by atoms with Crippen LogP contribution in [0.25, 0.3) is 0 Å². The molecule has 0 saturated heterocycles. The molecule has 1 N–H and O–H groups in total. The van der Waals surface area contributed by atoms with Gasteiger partial charge in [0, 0.05) is 0 Å². The molecule has 0 aliphatic carbocycles. The van der Waals surface area contributed by atoms with Crippen LogP contribution in [0.5, 0.6) is 0 Å². The normalized spacial score (nSPS) is 11.2. The van der Waals surface area contributed by atoms with E-state index in [2.05, 4.69) is 0 Å². The van der Waals surface area contributed by atoms with Crippen molar-refractivity contribution in [3.8, 4) is 0 Å². The second-order valence-electron chi connectivity index (χ2n) is 4.81. The molecule has 0 fully saturated rings. The number of hydrogen-bond donors (Lipinski definition) is 1. The molecule has 2 heteroatoms. The van der Waals surface area contributed by atoms with Crippen LogP contribution in [0.15, 0.2) is 91.0 Å². The summed E-state index contributed by atoms with van der Waals surface area (Å²) in [5.41, 5.74) is 0. The van der Waals surface area contributed by atoms with Gasteiger partial charge in [-0.25, -0.2) is 0 Å². The third-order valence-electron chi connectivity index (χ3n) is 3.57. The zero-order chi connectivity index (χ0) is 13.8. The second kappa shape index (κ2) is 5.45. The van der Waals surface area contributed by atoms with Crippen molar-refractivity contribution in [2.75, 3.05) is 0 Å². The van der Waals surface area contributed by atoms with E-state index >= 15 is 0 Å². The summed E-state index contributed by atoms with van der Waals surface area (Å²) in [6.45, 7) is 0. The maximum Gasteiger partial charge on any atom is 0.0736 e. The van der Waals surface area contributed by atoms with Gasteiger partial charge in [-0.05, 0) is 0 Å². The first-order valence-electron chi connectivity index (χ1n) is 6.71. The van der Waals surface area contributed by atoms with Gasteiger partial charge in [0.15, 0.2) is 0 Å². The van der Waals surface area contributed by atoms with Crippen LogP contribution in [0.3, 0.4) is 0 Å². The van der Waals surface area contributed by atoms with Crippen molar-refractivity contribution in [3.63, 3.8) is 0 Å². The number of rotatable bonds is 3. The molecule has 3 aromatic rings. The lowest BCUT2D eigenvalue weighted by atomic mass is 10.3. The predicted octanol–water partition coefficient (Wildman–Crippen LogP) is 1.65. The topological polar surface area (TPSA) is 20.2 Å². The third kappa shape index (κ3) is 2.20. The smallest absolute Gasteiger partial charge is 0.0736 e. The minimum absolute atomic E-state index is 1.01. The molecule has 0 unspecified atom stereocenters. The van der Waals surface area contributed by atoms with Crippen molar-refractivity contribution in [2.45, 2.75) is 0 Å². The summed E-state index contributed by atoms with van der Waals surface area (Å²) < 4.78 is 0. The van der Waals surface area contributed by atoms with E-state index in [1.165, 1.54) is 0 Å². The van der Waals surface area contributed by atoms with Crippen molar-refractivity contribution in [3.05, 3.63) is 91.0 Å². The highest BCUT2D eigenvalue weighted by Gasteiger charge is 2.23. The summed E-state index contributed by atoms with van der Waals surface area (Å²) in [6, 6.07) is 30.0. The first kappa shape index (κ1) is 12.8. The van der Waals surface area contributed by atoms with Crippen LogP contribution in [0.2, 0.25) is 0 Å². The molecule has 0 bridgehead atoms. The Kier molecular flexibility index (Phi) is 3.50. The van der Waals surface area contributed by atoms with Crippen molar-refractivity contribution in [2.24, 2.45) is 0 Å². The van der Waals surface area contributed by atoms with Crippen LogP contribution < -0.4 is 15.6 Å². The SMILES string of the molecule is O[Si-](c1ccccc1)(c1ccccc1)c1ccccc1. The molecule has 99 valence electrons. The van der Waals surface area contributed by atoms with Crippen LogP contribution >= 0.6 is 0 Å². The molecular formula is C18H16OSi-. The van der Waals surface area contributed by atoms with E-state index in [1.54, 1.807) is 0 Å². The fraction of sp³-hybridized carbons (Fsp3) is 0. The Morgan fingerprint density at radius 1 is 0.450 bits per heavy atom. The highest BCUT2D eigenvalue weighted by atomic mass is 28.4. The minimum Gasteiger partial charge on any atom is -0.570 e. The van der Waals surface area contributed by atoms with Gasteiger partial charge < -0.3 is 4.80 Å². The Morgan fingerprint density at radius 3 is 0.950 bits per heavy atom. The quantitative estimate of drug-likeness (QED) is 0.570. The fourth-order valence-electron chi connectivity index (χ4n) is 2.54. The third-order valence-corrected chi connectivity index (χ3v) is 7.08. The Hall–Kier alpha value is -2.16. The van der Waals surface area contributed by atoms with Crippen molar-refractivity contribution in [1.29, 1.82) is 0 Å². The average Bonchev–Trinajstić information content (AvgIpc) is 2.56. The van der Waals surface area contributed by atoms with Gasteiger partial charge in [-0.15, -0.1) is 0 Å². The second-order valence-corrected chi connectivity index (χ2v) is 7.96. The van der Waals surface area contributed by atoms with Gasteiger partial charge in [0.2, 0.25) is 0 Å². The van der Waals surface area contributed by atoms with Crippen LogP contribution in [-0.4, -0.2) is 13.1 Å². The predicted molar refractivity (Wildman–Crippen MR) is 86.2 cm³/mol. The molecule has 20 heavy (non-hydrogen) atoms. The summed E-state index contributed by atoms with van der Waals surface area (Å²) in [5, 5.41) is 3.03. The van der Waals surface area contributed by atoms with E-state index in [0.717, 1.165) is 15.6 Å².